The normalized spacial score (nSPS) is 16.0. The Morgan fingerprint density at radius 3 is 2.59 bits per heavy atom. The molecule has 0 radical (unpaired) electrons. The molecule has 0 unspecified atom stereocenters. The number of aliphatic hydroxyl groups is 1. The van der Waals surface area contributed by atoms with Crippen LogP contribution in [0.4, 0.5) is 11.4 Å². The zero-order valence-electron chi connectivity index (χ0n) is 15.2. The molecule has 10 nitrogen and oxygen atoms in total. The molecule has 0 fully saturated rings. The number of aromatic hydroxyl groups is 1. The van der Waals surface area contributed by atoms with Crippen LogP contribution in [0.3, 0.4) is 0 Å². The second-order valence-electron chi connectivity index (χ2n) is 6.16. The van der Waals surface area contributed by atoms with Gasteiger partial charge in [0.25, 0.3) is 17.7 Å². The van der Waals surface area contributed by atoms with Gasteiger partial charge in [-0.05, 0) is 24.3 Å². The molecule has 29 heavy (non-hydrogen) atoms. The van der Waals surface area contributed by atoms with E-state index in [1.54, 1.807) is 24.3 Å². The standard InChI is InChI=1S/C19H18N4O6/c24-9-8-22-13-4-1-2-5-14(13)23(16(27)11-25)10-12(19(22)29)21-18(28)17-15(26)6-3-7-20-17/h1-7,9,12,25-26H,8,10-11H2,(H,21,28)/t12-/m0/s1. The van der Waals surface area contributed by atoms with Gasteiger partial charge in [0.05, 0.1) is 24.5 Å². The Morgan fingerprint density at radius 2 is 1.93 bits per heavy atom. The number of rotatable bonds is 5. The van der Waals surface area contributed by atoms with Gasteiger partial charge in [-0.25, -0.2) is 4.98 Å². The Kier molecular flexibility index (Phi) is 5.84. The Bertz CT molecular complexity index is 963. The Hall–Kier alpha value is -3.79. The zero-order valence-corrected chi connectivity index (χ0v) is 15.2. The van der Waals surface area contributed by atoms with Crippen LogP contribution in [0.5, 0.6) is 5.75 Å². The van der Waals surface area contributed by atoms with Gasteiger partial charge in [0.1, 0.15) is 24.7 Å². The summed E-state index contributed by atoms with van der Waals surface area (Å²) >= 11 is 0. The van der Waals surface area contributed by atoms with E-state index < -0.39 is 30.4 Å². The maximum Gasteiger partial charge on any atom is 0.274 e. The lowest BCUT2D eigenvalue weighted by atomic mass is 10.2. The van der Waals surface area contributed by atoms with Crippen LogP contribution in [0, 0.1) is 0 Å². The Morgan fingerprint density at radius 1 is 1.21 bits per heavy atom. The fraction of sp³-hybridized carbons (Fsp3) is 0.211. The summed E-state index contributed by atoms with van der Waals surface area (Å²) < 4.78 is 0. The van der Waals surface area contributed by atoms with E-state index >= 15 is 0 Å². The van der Waals surface area contributed by atoms with E-state index in [0.717, 1.165) is 4.90 Å². The van der Waals surface area contributed by atoms with E-state index in [1.165, 1.54) is 23.2 Å². The molecule has 0 bridgehead atoms. The summed E-state index contributed by atoms with van der Waals surface area (Å²) in [4.78, 5) is 55.2. The van der Waals surface area contributed by atoms with E-state index in [2.05, 4.69) is 10.3 Å². The first-order valence-electron chi connectivity index (χ1n) is 8.68. The summed E-state index contributed by atoms with van der Waals surface area (Å²) in [6.07, 6.45) is 1.83. The first-order chi connectivity index (χ1) is 14.0. The molecular formula is C19H18N4O6. The van der Waals surface area contributed by atoms with Crippen molar-refractivity contribution in [3.8, 4) is 5.75 Å². The van der Waals surface area contributed by atoms with Crippen molar-refractivity contribution in [3.63, 3.8) is 0 Å². The number of fused-ring (bicyclic) bond motifs is 1. The van der Waals surface area contributed by atoms with Gasteiger partial charge in [-0.1, -0.05) is 12.1 Å². The largest absolute Gasteiger partial charge is 0.505 e. The van der Waals surface area contributed by atoms with Gasteiger partial charge in [-0.2, -0.15) is 0 Å². The molecule has 1 atom stereocenters. The number of benzene rings is 1. The summed E-state index contributed by atoms with van der Waals surface area (Å²) in [7, 11) is 0. The first kappa shape index (κ1) is 20.0. The van der Waals surface area contributed by atoms with Crippen LogP contribution >= 0.6 is 0 Å². The van der Waals surface area contributed by atoms with Gasteiger partial charge < -0.3 is 30.1 Å². The number of aldehydes is 1. The van der Waals surface area contributed by atoms with Crippen LogP contribution in [0.1, 0.15) is 10.5 Å². The summed E-state index contributed by atoms with van der Waals surface area (Å²) in [6, 6.07) is 7.87. The number of anilines is 2. The highest BCUT2D eigenvalue weighted by atomic mass is 16.3. The van der Waals surface area contributed by atoms with Gasteiger partial charge in [-0.15, -0.1) is 0 Å². The number of nitrogens with one attached hydrogen (secondary N) is 1. The number of nitrogens with zero attached hydrogens (tertiary/aromatic N) is 3. The number of aromatic nitrogens is 1. The van der Waals surface area contributed by atoms with Crippen LogP contribution in [0.25, 0.3) is 0 Å². The highest BCUT2D eigenvalue weighted by Crippen LogP contribution is 2.32. The average Bonchev–Trinajstić information content (AvgIpc) is 2.84. The summed E-state index contributed by atoms with van der Waals surface area (Å²) in [5.41, 5.74) is 0.326. The SMILES string of the molecule is O=CCN1C(=O)[C@@H](NC(=O)c2ncccc2O)CN(C(=O)CO)c2ccccc21. The minimum absolute atomic E-state index is 0.274. The zero-order chi connectivity index (χ0) is 21.0. The number of amides is 3. The predicted octanol–water partition coefficient (Wildman–Crippen LogP) is -0.543. The van der Waals surface area contributed by atoms with Crippen molar-refractivity contribution in [1.29, 1.82) is 0 Å². The monoisotopic (exact) mass is 398 g/mol. The molecule has 0 aliphatic carbocycles. The molecule has 3 N–H and O–H groups in total. The van der Waals surface area contributed by atoms with Crippen molar-refractivity contribution in [2.75, 3.05) is 29.5 Å². The van der Waals surface area contributed by atoms with Crippen molar-refractivity contribution in [2.45, 2.75) is 6.04 Å². The van der Waals surface area contributed by atoms with Crippen molar-refractivity contribution in [1.82, 2.24) is 10.3 Å². The molecule has 10 heteroatoms. The average molecular weight is 398 g/mol. The smallest absolute Gasteiger partial charge is 0.274 e. The predicted molar refractivity (Wildman–Crippen MR) is 101 cm³/mol. The molecule has 150 valence electrons. The van der Waals surface area contributed by atoms with Crippen molar-refractivity contribution >= 4 is 35.4 Å². The third kappa shape index (κ3) is 3.92. The van der Waals surface area contributed by atoms with Crippen LogP contribution in [0.15, 0.2) is 42.6 Å². The molecule has 3 rings (SSSR count). The molecule has 2 aromatic rings. The highest BCUT2D eigenvalue weighted by Gasteiger charge is 2.36. The second kappa shape index (κ2) is 8.48. The molecule has 0 saturated carbocycles. The number of pyridine rings is 1. The van der Waals surface area contributed by atoms with Gasteiger partial charge >= 0.3 is 0 Å². The summed E-state index contributed by atoms with van der Waals surface area (Å²) in [6.45, 7) is -1.37. The number of carbonyl (C=O) groups excluding carboxylic acids is 4. The molecule has 2 heterocycles. The Balaban J connectivity index is 2.01. The molecule has 1 aliphatic heterocycles. The number of carbonyl (C=O) groups is 4. The fourth-order valence-electron chi connectivity index (χ4n) is 3.08. The van der Waals surface area contributed by atoms with E-state index in [-0.39, 0.29) is 24.5 Å². The minimum Gasteiger partial charge on any atom is -0.505 e. The maximum atomic E-state index is 13.1. The van der Waals surface area contributed by atoms with E-state index in [0.29, 0.717) is 17.7 Å². The molecule has 1 aromatic heterocycles. The number of hydrogen-bond donors (Lipinski definition) is 3. The molecule has 3 amide bonds. The van der Waals surface area contributed by atoms with Gasteiger partial charge in [0, 0.05) is 6.20 Å². The van der Waals surface area contributed by atoms with Gasteiger partial charge in [-0.3, -0.25) is 14.4 Å². The second-order valence-corrected chi connectivity index (χ2v) is 6.16. The lowest BCUT2D eigenvalue weighted by Crippen LogP contribution is -2.53. The molecule has 0 spiro atoms. The molecular weight excluding hydrogens is 380 g/mol. The van der Waals surface area contributed by atoms with Crippen LogP contribution in [0.2, 0.25) is 0 Å². The van der Waals surface area contributed by atoms with Crippen molar-refractivity contribution < 1.29 is 29.4 Å². The molecule has 1 aromatic carbocycles. The van der Waals surface area contributed by atoms with E-state index in [4.69, 9.17) is 0 Å². The van der Waals surface area contributed by atoms with Crippen molar-refractivity contribution in [3.05, 3.63) is 48.3 Å². The summed E-state index contributed by atoms with van der Waals surface area (Å²) in [5, 5.41) is 21.6. The lowest BCUT2D eigenvalue weighted by molar-refractivity contribution is -0.122. The van der Waals surface area contributed by atoms with Gasteiger partial charge in [0.15, 0.2) is 5.69 Å². The Labute approximate surface area is 165 Å². The van der Waals surface area contributed by atoms with E-state index in [9.17, 15) is 29.4 Å². The molecule has 0 saturated heterocycles. The number of aliphatic hydroxyl groups excluding tert-OH is 1. The van der Waals surface area contributed by atoms with E-state index in [1.807, 2.05) is 0 Å². The number of para-hydroxylation sites is 2. The molecule has 1 aliphatic rings. The van der Waals surface area contributed by atoms with Crippen LogP contribution < -0.4 is 15.1 Å². The van der Waals surface area contributed by atoms with Crippen LogP contribution in [-0.4, -0.2) is 64.9 Å². The minimum atomic E-state index is -1.24. The summed E-state index contributed by atoms with van der Waals surface area (Å²) in [5.74, 6) is -2.50. The highest BCUT2D eigenvalue weighted by molar-refractivity contribution is 6.10. The fourth-order valence-corrected chi connectivity index (χ4v) is 3.08. The van der Waals surface area contributed by atoms with Crippen molar-refractivity contribution in [2.24, 2.45) is 0 Å². The maximum absolute atomic E-state index is 13.1. The van der Waals surface area contributed by atoms with Gasteiger partial charge in [0.2, 0.25) is 0 Å². The lowest BCUT2D eigenvalue weighted by Gasteiger charge is -2.24. The topological polar surface area (TPSA) is 140 Å². The third-order valence-corrected chi connectivity index (χ3v) is 4.39. The quantitative estimate of drug-likeness (QED) is 0.575. The van der Waals surface area contributed by atoms with Crippen LogP contribution in [-0.2, 0) is 14.4 Å². The third-order valence-electron chi connectivity index (χ3n) is 4.39. The number of hydrogen-bond acceptors (Lipinski definition) is 7. The first-order valence-corrected chi connectivity index (χ1v) is 8.68.